The number of aryl methyl sites for hydroxylation is 1. The second-order valence-electron chi connectivity index (χ2n) is 6.16. The van der Waals surface area contributed by atoms with Crippen LogP contribution in [0.5, 0.6) is 5.75 Å². The van der Waals surface area contributed by atoms with Crippen molar-refractivity contribution in [3.63, 3.8) is 0 Å². The Kier molecular flexibility index (Phi) is 3.50. The molecule has 3 rings (SSSR count). The Morgan fingerprint density at radius 2 is 2.16 bits per heavy atom. The molecule has 0 bridgehead atoms. The molecule has 3 atom stereocenters. The zero-order valence-electron chi connectivity index (χ0n) is 11.9. The van der Waals surface area contributed by atoms with Gasteiger partial charge >= 0.3 is 0 Å². The monoisotopic (exact) mass is 260 g/mol. The van der Waals surface area contributed by atoms with E-state index in [1.807, 2.05) is 0 Å². The van der Waals surface area contributed by atoms with Gasteiger partial charge < -0.3 is 10.5 Å². The van der Waals surface area contributed by atoms with Crippen molar-refractivity contribution in [1.29, 1.82) is 0 Å². The summed E-state index contributed by atoms with van der Waals surface area (Å²) in [6, 6.07) is 6.97. The fourth-order valence-electron chi connectivity index (χ4n) is 3.75. The van der Waals surface area contributed by atoms with Gasteiger partial charge in [-0.15, -0.1) is 0 Å². The third-order valence-corrected chi connectivity index (χ3v) is 4.87. The lowest BCUT2D eigenvalue weighted by Gasteiger charge is -2.19. The summed E-state index contributed by atoms with van der Waals surface area (Å²) in [4.78, 5) is 2.55. The molecule has 0 spiro atoms. The number of nitrogens with zero attached hydrogens (tertiary/aromatic N) is 1. The maximum Gasteiger partial charge on any atom is 0.122 e. The van der Waals surface area contributed by atoms with Crippen LogP contribution in [-0.2, 0) is 6.54 Å². The number of fused-ring (bicyclic) bond motifs is 1. The normalized spacial score (nSPS) is 30.6. The number of ether oxygens (including phenoxy) is 1. The highest BCUT2D eigenvalue weighted by Gasteiger charge is 2.40. The molecule has 1 saturated carbocycles. The van der Waals surface area contributed by atoms with Crippen LogP contribution in [-0.4, -0.2) is 31.1 Å². The molecular formula is C16H24N2O. The summed E-state index contributed by atoms with van der Waals surface area (Å²) >= 11 is 0. The first-order valence-electron chi connectivity index (χ1n) is 7.29. The molecule has 3 unspecified atom stereocenters. The van der Waals surface area contributed by atoms with E-state index in [9.17, 15) is 0 Å². The van der Waals surface area contributed by atoms with Crippen molar-refractivity contribution in [3.05, 3.63) is 29.3 Å². The molecule has 2 N–H and O–H groups in total. The average molecular weight is 260 g/mol. The first-order chi connectivity index (χ1) is 9.17. The number of benzene rings is 1. The average Bonchev–Trinajstić information content (AvgIpc) is 2.94. The number of likely N-dealkylation sites (tertiary alicyclic amines) is 1. The number of nitrogens with two attached hydrogens (primary N) is 1. The molecule has 2 fully saturated rings. The molecule has 1 aliphatic heterocycles. The first-order valence-corrected chi connectivity index (χ1v) is 7.29. The highest BCUT2D eigenvalue weighted by atomic mass is 16.5. The summed E-state index contributed by atoms with van der Waals surface area (Å²) < 4.78 is 5.40. The Balaban J connectivity index is 1.66. The van der Waals surface area contributed by atoms with Crippen LogP contribution in [0, 0.1) is 18.8 Å². The van der Waals surface area contributed by atoms with Crippen molar-refractivity contribution in [2.45, 2.75) is 32.4 Å². The predicted octanol–water partition coefficient (Wildman–Crippen LogP) is 2.17. The van der Waals surface area contributed by atoms with Gasteiger partial charge in [0, 0.05) is 25.7 Å². The fourth-order valence-corrected chi connectivity index (χ4v) is 3.75. The van der Waals surface area contributed by atoms with Crippen molar-refractivity contribution in [2.24, 2.45) is 17.6 Å². The summed E-state index contributed by atoms with van der Waals surface area (Å²) in [5.74, 6) is 2.56. The van der Waals surface area contributed by atoms with Gasteiger partial charge in [-0.2, -0.15) is 0 Å². The van der Waals surface area contributed by atoms with E-state index >= 15 is 0 Å². The quantitative estimate of drug-likeness (QED) is 0.905. The molecular weight excluding hydrogens is 236 g/mol. The molecule has 1 aromatic rings. The maximum atomic E-state index is 6.19. The summed E-state index contributed by atoms with van der Waals surface area (Å²) in [6.45, 7) is 5.49. The van der Waals surface area contributed by atoms with E-state index in [1.54, 1.807) is 7.11 Å². The Hall–Kier alpha value is -1.06. The first kappa shape index (κ1) is 12.9. The zero-order valence-corrected chi connectivity index (χ0v) is 11.9. The minimum atomic E-state index is 0.433. The molecule has 3 heteroatoms. The van der Waals surface area contributed by atoms with Gasteiger partial charge in [-0.05, 0) is 48.8 Å². The summed E-state index contributed by atoms with van der Waals surface area (Å²) in [5, 5.41) is 0. The summed E-state index contributed by atoms with van der Waals surface area (Å²) in [5.41, 5.74) is 8.74. The number of rotatable bonds is 3. The van der Waals surface area contributed by atoms with Crippen LogP contribution in [0.15, 0.2) is 18.2 Å². The predicted molar refractivity (Wildman–Crippen MR) is 77.2 cm³/mol. The minimum absolute atomic E-state index is 0.433. The molecule has 0 aromatic heterocycles. The molecule has 0 radical (unpaired) electrons. The van der Waals surface area contributed by atoms with Gasteiger partial charge in [0.15, 0.2) is 0 Å². The van der Waals surface area contributed by atoms with E-state index in [0.29, 0.717) is 6.04 Å². The fraction of sp³-hybridized carbons (Fsp3) is 0.625. The van der Waals surface area contributed by atoms with E-state index in [-0.39, 0.29) is 0 Å². The lowest BCUT2D eigenvalue weighted by atomic mass is 9.98. The van der Waals surface area contributed by atoms with E-state index in [0.717, 1.165) is 24.1 Å². The Labute approximate surface area is 115 Å². The Morgan fingerprint density at radius 3 is 2.89 bits per heavy atom. The van der Waals surface area contributed by atoms with Gasteiger partial charge in [0.1, 0.15) is 5.75 Å². The SMILES string of the molecule is COc1cc(CN2CC3CCC(N)C3C2)ccc1C. The van der Waals surface area contributed by atoms with Crippen LogP contribution in [0.1, 0.15) is 24.0 Å². The van der Waals surface area contributed by atoms with Gasteiger partial charge in [-0.25, -0.2) is 0 Å². The standard InChI is InChI=1S/C16H24N2O/c1-11-3-4-12(7-16(11)19-2)8-18-9-13-5-6-15(17)14(13)10-18/h3-4,7,13-15H,5-6,8-10,17H2,1-2H3. The van der Waals surface area contributed by atoms with Crippen molar-refractivity contribution < 1.29 is 4.74 Å². The Morgan fingerprint density at radius 1 is 1.32 bits per heavy atom. The third kappa shape index (κ3) is 2.49. The van der Waals surface area contributed by atoms with Gasteiger partial charge in [-0.3, -0.25) is 4.90 Å². The second kappa shape index (κ2) is 5.14. The molecule has 2 aliphatic rings. The molecule has 1 aromatic carbocycles. The van der Waals surface area contributed by atoms with E-state index in [2.05, 4.69) is 30.0 Å². The highest BCUT2D eigenvalue weighted by molar-refractivity contribution is 5.36. The number of methoxy groups -OCH3 is 1. The molecule has 1 saturated heterocycles. The van der Waals surface area contributed by atoms with Crippen molar-refractivity contribution in [3.8, 4) is 5.75 Å². The highest BCUT2D eigenvalue weighted by Crippen LogP contribution is 2.37. The van der Waals surface area contributed by atoms with E-state index < -0.39 is 0 Å². The molecule has 1 heterocycles. The second-order valence-corrected chi connectivity index (χ2v) is 6.16. The van der Waals surface area contributed by atoms with Crippen LogP contribution in [0.4, 0.5) is 0 Å². The van der Waals surface area contributed by atoms with Crippen LogP contribution in [0.2, 0.25) is 0 Å². The van der Waals surface area contributed by atoms with E-state index in [1.165, 1.54) is 37.1 Å². The molecule has 1 aliphatic carbocycles. The van der Waals surface area contributed by atoms with Gasteiger partial charge in [0.2, 0.25) is 0 Å². The van der Waals surface area contributed by atoms with Crippen LogP contribution < -0.4 is 10.5 Å². The topological polar surface area (TPSA) is 38.5 Å². The van der Waals surface area contributed by atoms with Gasteiger partial charge in [0.25, 0.3) is 0 Å². The Bertz CT molecular complexity index is 460. The van der Waals surface area contributed by atoms with E-state index in [4.69, 9.17) is 10.5 Å². The molecule has 3 nitrogen and oxygen atoms in total. The lowest BCUT2D eigenvalue weighted by molar-refractivity contribution is 0.297. The molecule has 104 valence electrons. The largest absolute Gasteiger partial charge is 0.496 e. The van der Waals surface area contributed by atoms with Gasteiger partial charge in [0.05, 0.1) is 7.11 Å². The van der Waals surface area contributed by atoms with Crippen molar-refractivity contribution >= 4 is 0 Å². The third-order valence-electron chi connectivity index (χ3n) is 4.87. The molecule has 19 heavy (non-hydrogen) atoms. The maximum absolute atomic E-state index is 6.19. The van der Waals surface area contributed by atoms with Crippen molar-refractivity contribution in [1.82, 2.24) is 4.90 Å². The van der Waals surface area contributed by atoms with Gasteiger partial charge in [-0.1, -0.05) is 12.1 Å². The summed E-state index contributed by atoms with van der Waals surface area (Å²) in [6.07, 6.45) is 2.54. The van der Waals surface area contributed by atoms with Crippen LogP contribution >= 0.6 is 0 Å². The van der Waals surface area contributed by atoms with Crippen molar-refractivity contribution in [2.75, 3.05) is 20.2 Å². The number of hydrogen-bond acceptors (Lipinski definition) is 3. The van der Waals surface area contributed by atoms with Crippen LogP contribution in [0.25, 0.3) is 0 Å². The summed E-state index contributed by atoms with van der Waals surface area (Å²) in [7, 11) is 1.74. The smallest absolute Gasteiger partial charge is 0.122 e. The lowest BCUT2D eigenvalue weighted by Crippen LogP contribution is -2.30. The molecule has 0 amide bonds. The van der Waals surface area contributed by atoms with Crippen LogP contribution in [0.3, 0.4) is 0 Å². The zero-order chi connectivity index (χ0) is 13.4. The minimum Gasteiger partial charge on any atom is -0.496 e. The number of hydrogen-bond donors (Lipinski definition) is 1.